The number of alkyl halides is 3. The first-order chi connectivity index (χ1) is 19.6. The summed E-state index contributed by atoms with van der Waals surface area (Å²) in [5.41, 5.74) is -0.383. The van der Waals surface area contributed by atoms with Crippen LogP contribution in [0.15, 0.2) is 67.0 Å². The highest BCUT2D eigenvalue weighted by Gasteiger charge is 2.40. The zero-order valence-corrected chi connectivity index (χ0v) is 22.4. The van der Waals surface area contributed by atoms with Crippen molar-refractivity contribution in [1.29, 1.82) is 0 Å². The Balaban J connectivity index is 1.10. The molecular formula is C30H32F3N5O3. The molecule has 3 aromatic rings. The van der Waals surface area contributed by atoms with Crippen LogP contribution in [-0.2, 0) is 16.6 Å². The van der Waals surface area contributed by atoms with Crippen molar-refractivity contribution in [3.63, 3.8) is 0 Å². The molecule has 2 aromatic carbocycles. The number of nitrogens with one attached hydrogen (secondary N) is 2. The van der Waals surface area contributed by atoms with Gasteiger partial charge in [-0.05, 0) is 61.9 Å². The number of halogens is 3. The lowest BCUT2D eigenvalue weighted by atomic mass is 9.75. The van der Waals surface area contributed by atoms with Crippen LogP contribution in [0.1, 0.15) is 53.6 Å². The monoisotopic (exact) mass is 567 g/mol. The molecule has 41 heavy (non-hydrogen) atoms. The van der Waals surface area contributed by atoms with E-state index in [1.165, 1.54) is 6.07 Å². The van der Waals surface area contributed by atoms with Crippen molar-refractivity contribution in [1.82, 2.24) is 25.5 Å². The lowest BCUT2D eigenvalue weighted by Crippen LogP contribution is -2.45. The van der Waals surface area contributed by atoms with Gasteiger partial charge in [-0.1, -0.05) is 30.3 Å². The minimum atomic E-state index is -4.55. The molecule has 3 N–H and O–H groups in total. The van der Waals surface area contributed by atoms with Crippen LogP contribution in [-0.4, -0.2) is 63.5 Å². The molecule has 1 atom stereocenters. The first-order valence-electron chi connectivity index (χ1n) is 13.7. The number of likely N-dealkylation sites (tertiary alicyclic amines) is 1. The van der Waals surface area contributed by atoms with Gasteiger partial charge in [0.2, 0.25) is 5.91 Å². The van der Waals surface area contributed by atoms with Gasteiger partial charge in [0.1, 0.15) is 0 Å². The number of carbonyl (C=O) groups excluding carboxylic acids is 2. The number of carbonyl (C=O) groups is 2. The highest BCUT2D eigenvalue weighted by atomic mass is 19.4. The van der Waals surface area contributed by atoms with E-state index in [0.717, 1.165) is 55.1 Å². The first kappa shape index (κ1) is 28.7. The van der Waals surface area contributed by atoms with Gasteiger partial charge in [0.15, 0.2) is 5.82 Å². The Morgan fingerprint density at radius 2 is 1.73 bits per heavy atom. The Bertz CT molecular complexity index is 1380. The van der Waals surface area contributed by atoms with Gasteiger partial charge >= 0.3 is 6.18 Å². The number of nitrogens with zero attached hydrogens (tertiary/aromatic N) is 3. The van der Waals surface area contributed by atoms with Crippen molar-refractivity contribution in [2.45, 2.75) is 56.0 Å². The number of hydrogen-bond acceptors (Lipinski definition) is 6. The fourth-order valence-corrected chi connectivity index (χ4v) is 5.85. The number of hydrogen-bond donors (Lipinski definition) is 3. The number of amides is 2. The van der Waals surface area contributed by atoms with E-state index in [4.69, 9.17) is 0 Å². The van der Waals surface area contributed by atoms with Crippen LogP contribution in [0.4, 0.5) is 13.2 Å². The summed E-state index contributed by atoms with van der Waals surface area (Å²) in [5.74, 6) is -0.549. The number of rotatable bonds is 7. The molecule has 216 valence electrons. The lowest BCUT2D eigenvalue weighted by Gasteiger charge is -2.40. The van der Waals surface area contributed by atoms with Crippen molar-refractivity contribution >= 4 is 11.8 Å². The maximum absolute atomic E-state index is 12.9. The van der Waals surface area contributed by atoms with Gasteiger partial charge in [-0.3, -0.25) is 14.5 Å². The average Bonchev–Trinajstić information content (AvgIpc) is 3.44. The van der Waals surface area contributed by atoms with Gasteiger partial charge in [0.05, 0.1) is 17.7 Å². The molecule has 2 fully saturated rings. The molecule has 1 saturated heterocycles. The fraction of sp³-hybridized carbons (Fsp3) is 0.400. The first-order valence-corrected chi connectivity index (χ1v) is 13.7. The second kappa shape index (κ2) is 12.0. The molecule has 2 amide bonds. The Morgan fingerprint density at radius 1 is 1.00 bits per heavy atom. The van der Waals surface area contributed by atoms with E-state index in [9.17, 15) is 27.9 Å². The topological polar surface area (TPSA) is 107 Å². The lowest BCUT2D eigenvalue weighted by molar-refractivity contribution is -0.137. The van der Waals surface area contributed by atoms with Gasteiger partial charge < -0.3 is 15.7 Å². The van der Waals surface area contributed by atoms with Crippen molar-refractivity contribution in [3.05, 3.63) is 83.7 Å². The molecule has 1 aromatic heterocycles. The van der Waals surface area contributed by atoms with E-state index < -0.39 is 29.2 Å². The Labute approximate surface area is 236 Å². The van der Waals surface area contributed by atoms with Crippen LogP contribution < -0.4 is 10.6 Å². The fourth-order valence-electron chi connectivity index (χ4n) is 5.85. The van der Waals surface area contributed by atoms with Gasteiger partial charge in [-0.15, -0.1) is 0 Å². The number of aliphatic hydroxyl groups is 1. The standard InChI is InChI=1S/C30H32F3N5O3/c31-30(32,33)21-6-3-5-20(17-21)28(40)36-18-26(39)37-22-11-16-38(19-22)23-9-12-29(41,13-10-23)25-8-2-1-7-24(25)27-34-14-4-15-35-27/h1-8,14-15,17,22-23,41H,9-13,16,18-19H2,(H,36,40)(H,37,39)/t22-,23?,29?/m1/s1. The summed E-state index contributed by atoms with van der Waals surface area (Å²) in [7, 11) is 0. The van der Waals surface area contributed by atoms with Crippen LogP contribution in [0.5, 0.6) is 0 Å². The molecule has 8 nitrogen and oxygen atoms in total. The molecule has 5 rings (SSSR count). The van der Waals surface area contributed by atoms with Crippen LogP contribution in [0.25, 0.3) is 11.4 Å². The van der Waals surface area contributed by atoms with Crippen molar-refractivity contribution in [2.75, 3.05) is 19.6 Å². The van der Waals surface area contributed by atoms with Crippen molar-refractivity contribution in [3.8, 4) is 11.4 Å². The quantitative estimate of drug-likeness (QED) is 0.400. The smallest absolute Gasteiger partial charge is 0.385 e. The van der Waals surface area contributed by atoms with Crippen molar-refractivity contribution < 1.29 is 27.9 Å². The third-order valence-corrected chi connectivity index (χ3v) is 7.98. The zero-order chi connectivity index (χ0) is 29.0. The highest BCUT2D eigenvalue weighted by Crippen LogP contribution is 2.42. The molecule has 1 aliphatic carbocycles. The minimum absolute atomic E-state index is 0.0928. The predicted octanol–water partition coefficient (Wildman–Crippen LogP) is 3.91. The zero-order valence-electron chi connectivity index (χ0n) is 22.4. The molecule has 0 bridgehead atoms. The molecule has 11 heteroatoms. The summed E-state index contributed by atoms with van der Waals surface area (Å²) in [6, 6.07) is 13.7. The van der Waals surface area contributed by atoms with E-state index in [0.29, 0.717) is 25.2 Å². The van der Waals surface area contributed by atoms with Gasteiger partial charge in [-0.25, -0.2) is 9.97 Å². The number of aromatic nitrogens is 2. The minimum Gasteiger partial charge on any atom is -0.385 e. The third-order valence-electron chi connectivity index (χ3n) is 7.98. The van der Waals surface area contributed by atoms with E-state index in [2.05, 4.69) is 25.5 Å². The maximum Gasteiger partial charge on any atom is 0.416 e. The molecular weight excluding hydrogens is 535 g/mol. The predicted molar refractivity (Wildman–Crippen MR) is 146 cm³/mol. The molecule has 0 spiro atoms. The van der Waals surface area contributed by atoms with Gasteiger partial charge in [-0.2, -0.15) is 13.2 Å². The normalized spacial score (nSPS) is 23.2. The molecule has 1 saturated carbocycles. The van der Waals surface area contributed by atoms with E-state index in [-0.39, 0.29) is 24.2 Å². The maximum atomic E-state index is 12.9. The SMILES string of the molecule is O=C(CNC(=O)c1cccc(C(F)(F)F)c1)N[C@@H]1CCN(C2CCC(O)(c3ccccc3-c3ncccn3)CC2)C1. The Kier molecular flexibility index (Phi) is 8.37. The van der Waals surface area contributed by atoms with Gasteiger partial charge in [0, 0.05) is 48.7 Å². The summed E-state index contributed by atoms with van der Waals surface area (Å²) in [4.78, 5) is 35.8. The Morgan fingerprint density at radius 3 is 2.46 bits per heavy atom. The molecule has 2 heterocycles. The molecule has 2 aliphatic rings. The van der Waals surface area contributed by atoms with Crippen molar-refractivity contribution in [2.24, 2.45) is 0 Å². The van der Waals surface area contributed by atoms with E-state index in [1.54, 1.807) is 18.5 Å². The van der Waals surface area contributed by atoms with E-state index in [1.807, 2.05) is 24.3 Å². The second-order valence-corrected chi connectivity index (χ2v) is 10.7. The largest absolute Gasteiger partial charge is 0.416 e. The summed E-state index contributed by atoms with van der Waals surface area (Å²) in [6.45, 7) is 1.14. The molecule has 1 aliphatic heterocycles. The van der Waals surface area contributed by atoms with Crippen LogP contribution in [0.2, 0.25) is 0 Å². The number of benzene rings is 2. The van der Waals surface area contributed by atoms with Crippen LogP contribution >= 0.6 is 0 Å². The average molecular weight is 568 g/mol. The second-order valence-electron chi connectivity index (χ2n) is 10.7. The summed E-state index contributed by atoms with van der Waals surface area (Å²) >= 11 is 0. The summed E-state index contributed by atoms with van der Waals surface area (Å²) < 4.78 is 38.8. The molecule has 0 radical (unpaired) electrons. The van der Waals surface area contributed by atoms with E-state index >= 15 is 0 Å². The summed E-state index contributed by atoms with van der Waals surface area (Å²) in [5, 5.41) is 17.0. The summed E-state index contributed by atoms with van der Waals surface area (Å²) in [6.07, 6.45) is 2.36. The molecule has 0 unspecified atom stereocenters. The van der Waals surface area contributed by atoms with Crippen LogP contribution in [0.3, 0.4) is 0 Å². The van der Waals surface area contributed by atoms with Gasteiger partial charge in [0.25, 0.3) is 5.91 Å². The van der Waals surface area contributed by atoms with Crippen LogP contribution in [0, 0.1) is 0 Å². The Hall–Kier alpha value is -3.83. The highest BCUT2D eigenvalue weighted by molar-refractivity contribution is 5.96. The third kappa shape index (κ3) is 6.74.